The number of carboxylic acid groups (broad SMARTS) is 1. The van der Waals surface area contributed by atoms with Crippen LogP contribution in [0.3, 0.4) is 0 Å². The highest BCUT2D eigenvalue weighted by molar-refractivity contribution is 5.80. The Morgan fingerprint density at radius 2 is 1.83 bits per heavy atom. The van der Waals surface area contributed by atoms with Crippen molar-refractivity contribution in [2.75, 3.05) is 33.3 Å². The summed E-state index contributed by atoms with van der Waals surface area (Å²) in [5.41, 5.74) is 0. The van der Waals surface area contributed by atoms with Crippen LogP contribution in [0.2, 0.25) is 0 Å². The Labute approximate surface area is 106 Å². The second-order valence-electron chi connectivity index (χ2n) is 3.67. The van der Waals surface area contributed by atoms with E-state index in [1.807, 2.05) is 0 Å². The van der Waals surface area contributed by atoms with Crippen molar-refractivity contribution in [1.82, 2.24) is 9.80 Å². The highest BCUT2D eigenvalue weighted by atomic mass is 16.5. The molecule has 0 saturated carbocycles. The smallest absolute Gasteiger partial charge is 0.323 e. The highest BCUT2D eigenvalue weighted by Gasteiger charge is 2.19. The number of esters is 1. The van der Waals surface area contributed by atoms with Crippen molar-refractivity contribution in [3.8, 4) is 0 Å². The summed E-state index contributed by atoms with van der Waals surface area (Å²) in [7, 11) is 1.52. The first-order valence-corrected chi connectivity index (χ1v) is 5.79. The molecule has 0 bridgehead atoms. The largest absolute Gasteiger partial charge is 0.480 e. The summed E-state index contributed by atoms with van der Waals surface area (Å²) in [6, 6.07) is -0.413. The topological polar surface area (TPSA) is 87.2 Å². The lowest BCUT2D eigenvalue weighted by Crippen LogP contribution is -2.44. The van der Waals surface area contributed by atoms with Crippen LogP contribution in [0.25, 0.3) is 0 Å². The van der Waals surface area contributed by atoms with Gasteiger partial charge in [0.1, 0.15) is 6.54 Å². The molecule has 2 amide bonds. The van der Waals surface area contributed by atoms with E-state index >= 15 is 0 Å². The van der Waals surface area contributed by atoms with Gasteiger partial charge in [-0.1, -0.05) is 0 Å². The molecule has 0 aromatic rings. The molecule has 7 nitrogen and oxygen atoms in total. The van der Waals surface area contributed by atoms with Gasteiger partial charge in [0.25, 0.3) is 0 Å². The van der Waals surface area contributed by atoms with Gasteiger partial charge in [-0.15, -0.1) is 0 Å². The zero-order valence-electron chi connectivity index (χ0n) is 11.0. The molecule has 1 N–H and O–H groups in total. The molecule has 0 saturated heterocycles. The summed E-state index contributed by atoms with van der Waals surface area (Å²) in [5, 5.41) is 8.65. The van der Waals surface area contributed by atoms with Crippen LogP contribution in [0.4, 0.5) is 4.79 Å². The zero-order valence-corrected chi connectivity index (χ0v) is 11.0. The van der Waals surface area contributed by atoms with Crippen molar-refractivity contribution >= 4 is 18.0 Å². The Hall–Kier alpha value is -1.79. The maximum Gasteiger partial charge on any atom is 0.323 e. The van der Waals surface area contributed by atoms with Crippen molar-refractivity contribution in [2.24, 2.45) is 0 Å². The van der Waals surface area contributed by atoms with E-state index in [4.69, 9.17) is 9.84 Å². The maximum absolute atomic E-state index is 11.8. The third-order valence-corrected chi connectivity index (χ3v) is 2.26. The Balaban J connectivity index is 4.22. The molecule has 0 rings (SSSR count). The number of nitrogens with zero attached hydrogens (tertiary/aromatic N) is 2. The number of hydrogen-bond donors (Lipinski definition) is 1. The molecule has 0 heterocycles. The van der Waals surface area contributed by atoms with Crippen LogP contribution in [0.5, 0.6) is 0 Å². The first-order valence-electron chi connectivity index (χ1n) is 5.79. The number of urea groups is 1. The average Bonchev–Trinajstić information content (AvgIpc) is 2.32. The fourth-order valence-corrected chi connectivity index (χ4v) is 1.31. The predicted molar refractivity (Wildman–Crippen MR) is 64.2 cm³/mol. The number of carbonyl (C=O) groups is 3. The molecular formula is C11H20N2O5. The van der Waals surface area contributed by atoms with E-state index in [0.717, 1.165) is 0 Å². The van der Waals surface area contributed by atoms with E-state index in [0.29, 0.717) is 13.2 Å². The number of aliphatic carboxylic acids is 1. The molecule has 0 aliphatic rings. The normalized spacial score (nSPS) is 9.72. The first-order chi connectivity index (χ1) is 8.42. The summed E-state index contributed by atoms with van der Waals surface area (Å²) in [4.78, 5) is 36.0. The average molecular weight is 260 g/mol. The van der Waals surface area contributed by atoms with Gasteiger partial charge in [-0.25, -0.2) is 4.79 Å². The van der Waals surface area contributed by atoms with Crippen molar-refractivity contribution < 1.29 is 24.2 Å². The number of carboxylic acids is 1. The molecule has 0 spiro atoms. The lowest BCUT2D eigenvalue weighted by Gasteiger charge is -2.25. The second kappa shape index (κ2) is 8.32. The molecule has 0 atom stereocenters. The molecule has 7 heteroatoms. The monoisotopic (exact) mass is 260 g/mol. The number of carbonyl (C=O) groups excluding carboxylic acids is 2. The molecule has 18 heavy (non-hydrogen) atoms. The van der Waals surface area contributed by atoms with Gasteiger partial charge in [-0.2, -0.15) is 0 Å². The maximum atomic E-state index is 11.8. The molecule has 0 aliphatic heterocycles. The summed E-state index contributed by atoms with van der Waals surface area (Å²) >= 11 is 0. The van der Waals surface area contributed by atoms with Crippen LogP contribution in [-0.4, -0.2) is 66.2 Å². The minimum atomic E-state index is -1.07. The molecule has 0 unspecified atom stereocenters. The van der Waals surface area contributed by atoms with E-state index in [-0.39, 0.29) is 25.5 Å². The number of hydrogen-bond acceptors (Lipinski definition) is 4. The van der Waals surface area contributed by atoms with Crippen LogP contribution in [0.1, 0.15) is 20.3 Å². The van der Waals surface area contributed by atoms with Gasteiger partial charge < -0.3 is 19.6 Å². The molecule has 0 aromatic carbocycles. The Kier molecular flexibility index (Phi) is 7.50. The quantitative estimate of drug-likeness (QED) is 0.669. The third kappa shape index (κ3) is 6.07. The van der Waals surface area contributed by atoms with E-state index < -0.39 is 12.0 Å². The van der Waals surface area contributed by atoms with Gasteiger partial charge >= 0.3 is 18.0 Å². The number of likely N-dealkylation sites (N-methyl/N-ethyl adjacent to an activating group) is 1. The van der Waals surface area contributed by atoms with E-state index in [1.54, 1.807) is 13.8 Å². The van der Waals surface area contributed by atoms with Crippen molar-refractivity contribution in [1.29, 1.82) is 0 Å². The summed E-state index contributed by atoms with van der Waals surface area (Å²) < 4.78 is 4.74. The Morgan fingerprint density at radius 3 is 2.28 bits per heavy atom. The van der Waals surface area contributed by atoms with Gasteiger partial charge in [0.15, 0.2) is 0 Å². The summed E-state index contributed by atoms with van der Waals surface area (Å²) in [5.74, 6) is -1.44. The van der Waals surface area contributed by atoms with Crippen molar-refractivity contribution in [3.63, 3.8) is 0 Å². The molecule has 104 valence electrons. The lowest BCUT2D eigenvalue weighted by atomic mass is 10.4. The fourth-order valence-electron chi connectivity index (χ4n) is 1.31. The second-order valence-corrected chi connectivity index (χ2v) is 3.67. The molecular weight excluding hydrogens is 240 g/mol. The SMILES string of the molecule is CCOC(=O)CCN(C)C(=O)N(CC)CC(=O)O. The fraction of sp³-hybridized carbons (Fsp3) is 0.727. The molecule has 0 aromatic heterocycles. The molecule has 0 radical (unpaired) electrons. The third-order valence-electron chi connectivity index (χ3n) is 2.26. The number of amides is 2. The standard InChI is InChI=1S/C11H20N2O5/c1-4-13(8-9(14)15)11(17)12(3)7-6-10(16)18-5-2/h4-8H2,1-3H3,(H,14,15). The van der Waals surface area contributed by atoms with Crippen molar-refractivity contribution in [2.45, 2.75) is 20.3 Å². The minimum Gasteiger partial charge on any atom is -0.480 e. The van der Waals surface area contributed by atoms with E-state index in [1.165, 1.54) is 16.8 Å². The Morgan fingerprint density at radius 1 is 1.22 bits per heavy atom. The van der Waals surface area contributed by atoms with Crippen LogP contribution >= 0.6 is 0 Å². The van der Waals surface area contributed by atoms with Crippen LogP contribution in [-0.2, 0) is 14.3 Å². The van der Waals surface area contributed by atoms with Crippen LogP contribution < -0.4 is 0 Å². The molecule has 0 aliphatic carbocycles. The van der Waals surface area contributed by atoms with Gasteiger partial charge in [-0.3, -0.25) is 9.59 Å². The van der Waals surface area contributed by atoms with Crippen molar-refractivity contribution in [3.05, 3.63) is 0 Å². The predicted octanol–water partition coefficient (Wildman–Crippen LogP) is 0.398. The van der Waals surface area contributed by atoms with Gasteiger partial charge in [0, 0.05) is 20.1 Å². The first kappa shape index (κ1) is 16.2. The minimum absolute atomic E-state index is 0.0979. The summed E-state index contributed by atoms with van der Waals surface area (Å²) in [6.45, 7) is 3.86. The highest BCUT2D eigenvalue weighted by Crippen LogP contribution is 1.99. The lowest BCUT2D eigenvalue weighted by molar-refractivity contribution is -0.143. The van der Waals surface area contributed by atoms with E-state index in [9.17, 15) is 14.4 Å². The molecule has 0 fully saturated rings. The Bertz CT molecular complexity index is 306. The summed E-state index contributed by atoms with van der Waals surface area (Å²) in [6.07, 6.45) is 0.0979. The van der Waals surface area contributed by atoms with Crippen LogP contribution in [0, 0.1) is 0 Å². The van der Waals surface area contributed by atoms with E-state index in [2.05, 4.69) is 0 Å². The van der Waals surface area contributed by atoms with Gasteiger partial charge in [0.05, 0.1) is 13.0 Å². The van der Waals surface area contributed by atoms with Gasteiger partial charge in [0.2, 0.25) is 0 Å². The number of ether oxygens (including phenoxy) is 1. The zero-order chi connectivity index (χ0) is 14.1. The number of rotatable bonds is 7. The van der Waals surface area contributed by atoms with Crippen LogP contribution in [0.15, 0.2) is 0 Å². The van der Waals surface area contributed by atoms with Gasteiger partial charge in [-0.05, 0) is 13.8 Å².